The van der Waals surface area contributed by atoms with Crippen LogP contribution in [-0.4, -0.2) is 37.6 Å². The number of hydrazone groups is 1. The highest BCUT2D eigenvalue weighted by atomic mass is 16.4. The van der Waals surface area contributed by atoms with E-state index in [1.807, 2.05) is 12.1 Å². The highest BCUT2D eigenvalue weighted by molar-refractivity contribution is 6.02. The third kappa shape index (κ3) is 5.65. The van der Waals surface area contributed by atoms with Crippen molar-refractivity contribution in [3.05, 3.63) is 70.9 Å². The van der Waals surface area contributed by atoms with Crippen molar-refractivity contribution in [2.24, 2.45) is 12.1 Å². The van der Waals surface area contributed by atoms with Crippen LogP contribution in [0.25, 0.3) is 11.3 Å². The smallest absolute Gasteiger partial charge is 0.335 e. The second-order valence-corrected chi connectivity index (χ2v) is 7.84. The van der Waals surface area contributed by atoms with Gasteiger partial charge in [-0.25, -0.2) is 10.2 Å². The highest BCUT2D eigenvalue weighted by Gasteiger charge is 2.19. The van der Waals surface area contributed by atoms with Gasteiger partial charge in [-0.3, -0.25) is 9.48 Å². The zero-order valence-electron chi connectivity index (χ0n) is 19.0. The van der Waals surface area contributed by atoms with Gasteiger partial charge in [0.25, 0.3) is 5.91 Å². The Morgan fingerprint density at radius 3 is 2.27 bits per heavy atom. The fourth-order valence-electron chi connectivity index (χ4n) is 3.50. The van der Waals surface area contributed by atoms with Gasteiger partial charge in [0.15, 0.2) is 11.4 Å². The molecule has 1 amide bonds. The Kier molecular flexibility index (Phi) is 7.61. The molecule has 0 atom stereocenters. The molecular weight excluding hydrogens is 420 g/mol. The highest BCUT2D eigenvalue weighted by Crippen LogP contribution is 2.32. The van der Waals surface area contributed by atoms with Crippen LogP contribution in [-0.2, 0) is 13.5 Å². The van der Waals surface area contributed by atoms with Crippen LogP contribution in [0, 0.1) is 0 Å². The molecule has 0 aliphatic rings. The fourth-order valence-corrected chi connectivity index (χ4v) is 3.50. The number of aromatic carboxylic acids is 1. The van der Waals surface area contributed by atoms with Gasteiger partial charge in [-0.1, -0.05) is 44.0 Å². The molecule has 8 nitrogen and oxygen atoms in total. The monoisotopic (exact) mass is 448 g/mol. The van der Waals surface area contributed by atoms with Crippen LogP contribution >= 0.6 is 0 Å². The van der Waals surface area contributed by atoms with E-state index in [1.54, 1.807) is 18.7 Å². The van der Waals surface area contributed by atoms with E-state index in [9.17, 15) is 14.7 Å². The molecule has 3 N–H and O–H groups in total. The number of carbonyl (C=O) groups is 2. The van der Waals surface area contributed by atoms with Crippen molar-refractivity contribution in [1.29, 1.82) is 0 Å². The van der Waals surface area contributed by atoms with Crippen LogP contribution in [0.1, 0.15) is 65.1 Å². The topological polar surface area (TPSA) is 117 Å². The molecule has 0 saturated heterocycles. The summed E-state index contributed by atoms with van der Waals surface area (Å²) in [6.07, 6.45) is 4.57. The number of carbonyl (C=O) groups excluding carboxylic acids is 1. The minimum absolute atomic E-state index is 0.0162. The number of aryl methyl sites for hydroxylation is 2. The van der Waals surface area contributed by atoms with Crippen LogP contribution in [0.5, 0.6) is 5.75 Å². The Hall–Kier alpha value is -3.94. The quantitative estimate of drug-likeness (QED) is 0.255. The number of nitrogens with zero attached hydrogens (tertiary/aromatic N) is 3. The van der Waals surface area contributed by atoms with E-state index in [-0.39, 0.29) is 22.6 Å². The molecule has 8 heteroatoms. The van der Waals surface area contributed by atoms with E-state index in [0.29, 0.717) is 11.4 Å². The summed E-state index contributed by atoms with van der Waals surface area (Å²) in [5, 5.41) is 28.2. The number of hydrogen-bond acceptors (Lipinski definition) is 5. The lowest BCUT2D eigenvalue weighted by Gasteiger charge is -2.05. The summed E-state index contributed by atoms with van der Waals surface area (Å²) in [5.74, 6) is -1.58. The summed E-state index contributed by atoms with van der Waals surface area (Å²) in [6, 6.07) is 13.6. The van der Waals surface area contributed by atoms with Crippen LogP contribution < -0.4 is 5.43 Å². The number of rotatable bonds is 9. The van der Waals surface area contributed by atoms with Gasteiger partial charge in [0.2, 0.25) is 0 Å². The Balaban J connectivity index is 1.74. The average molecular weight is 449 g/mol. The molecule has 1 aromatic heterocycles. The van der Waals surface area contributed by atoms with Crippen molar-refractivity contribution in [1.82, 2.24) is 15.2 Å². The zero-order valence-corrected chi connectivity index (χ0v) is 19.0. The molecule has 1 heterocycles. The Bertz CT molecular complexity index is 1160. The number of benzene rings is 2. The average Bonchev–Trinajstić information content (AvgIpc) is 3.12. The SMILES string of the molecule is CCCCCc1ccc(-c2c(O)c(/C(C)=N\NC(=O)c3ccc(C(=O)O)cc3)nn2C)cc1. The largest absolute Gasteiger partial charge is 0.504 e. The molecule has 0 saturated carbocycles. The second-order valence-electron chi connectivity index (χ2n) is 7.84. The van der Waals surface area contributed by atoms with Gasteiger partial charge < -0.3 is 10.2 Å². The lowest BCUT2D eigenvalue weighted by atomic mass is 10.0. The van der Waals surface area contributed by atoms with Gasteiger partial charge in [0.05, 0.1) is 11.3 Å². The fraction of sp³-hybridized carbons (Fsp3) is 0.280. The number of unbranched alkanes of at least 4 members (excludes halogenated alkanes) is 2. The maximum Gasteiger partial charge on any atom is 0.335 e. The van der Waals surface area contributed by atoms with E-state index < -0.39 is 11.9 Å². The van der Waals surface area contributed by atoms with E-state index in [0.717, 1.165) is 18.4 Å². The van der Waals surface area contributed by atoms with Gasteiger partial charge in [-0.05, 0) is 49.6 Å². The molecule has 172 valence electrons. The van der Waals surface area contributed by atoms with Crippen LogP contribution in [0.2, 0.25) is 0 Å². The van der Waals surface area contributed by atoms with E-state index in [2.05, 4.69) is 34.7 Å². The number of carboxylic acids is 1. The van der Waals surface area contributed by atoms with Crippen molar-refractivity contribution in [3.63, 3.8) is 0 Å². The van der Waals surface area contributed by atoms with E-state index in [1.165, 1.54) is 42.7 Å². The van der Waals surface area contributed by atoms with Gasteiger partial charge in [0, 0.05) is 18.2 Å². The number of amides is 1. The standard InChI is InChI=1S/C25H28N4O4/c1-4-5-6-7-17-8-10-18(11-9-17)22-23(30)21(28-29(22)3)16(2)26-27-24(31)19-12-14-20(15-13-19)25(32)33/h8-15,30H,4-7H2,1-3H3,(H,27,31)(H,32,33)/b26-16-. The minimum atomic E-state index is -1.07. The number of nitrogens with one attached hydrogen (secondary N) is 1. The van der Waals surface area contributed by atoms with Gasteiger partial charge in [0.1, 0.15) is 5.69 Å². The predicted molar refractivity (Wildman–Crippen MR) is 127 cm³/mol. The first-order valence-corrected chi connectivity index (χ1v) is 10.9. The molecule has 0 aliphatic heterocycles. The summed E-state index contributed by atoms with van der Waals surface area (Å²) in [6.45, 7) is 3.82. The Morgan fingerprint density at radius 1 is 1.03 bits per heavy atom. The molecule has 3 rings (SSSR count). The van der Waals surface area contributed by atoms with E-state index in [4.69, 9.17) is 5.11 Å². The first-order valence-electron chi connectivity index (χ1n) is 10.9. The molecule has 0 fully saturated rings. The number of hydrogen-bond donors (Lipinski definition) is 3. The number of carboxylic acid groups (broad SMARTS) is 1. The maximum atomic E-state index is 12.3. The van der Waals surface area contributed by atoms with Crippen molar-refractivity contribution < 1.29 is 19.8 Å². The molecule has 0 unspecified atom stereocenters. The summed E-state index contributed by atoms with van der Waals surface area (Å²) in [5.41, 5.74) is 6.03. The maximum absolute atomic E-state index is 12.3. The zero-order chi connectivity index (χ0) is 24.0. The van der Waals surface area contributed by atoms with Gasteiger partial charge >= 0.3 is 5.97 Å². The molecule has 0 radical (unpaired) electrons. The van der Waals surface area contributed by atoms with E-state index >= 15 is 0 Å². The summed E-state index contributed by atoms with van der Waals surface area (Å²) in [4.78, 5) is 23.2. The predicted octanol–water partition coefficient (Wildman–Crippen LogP) is 4.38. The molecule has 2 aromatic carbocycles. The molecule has 0 spiro atoms. The van der Waals surface area contributed by atoms with Crippen LogP contribution in [0.15, 0.2) is 53.6 Å². The molecule has 0 aliphatic carbocycles. The summed E-state index contributed by atoms with van der Waals surface area (Å²) < 4.78 is 1.59. The second kappa shape index (κ2) is 10.6. The van der Waals surface area contributed by atoms with Crippen molar-refractivity contribution in [3.8, 4) is 17.0 Å². The van der Waals surface area contributed by atoms with Gasteiger partial charge in [-0.2, -0.15) is 10.2 Å². The lowest BCUT2D eigenvalue weighted by Crippen LogP contribution is -2.19. The third-order valence-corrected chi connectivity index (χ3v) is 5.38. The molecule has 3 aromatic rings. The Morgan fingerprint density at radius 2 is 1.67 bits per heavy atom. The molecule has 0 bridgehead atoms. The Labute approximate surface area is 192 Å². The first kappa shape index (κ1) is 23.7. The summed E-state index contributed by atoms with van der Waals surface area (Å²) >= 11 is 0. The van der Waals surface area contributed by atoms with Crippen LogP contribution in [0.4, 0.5) is 0 Å². The van der Waals surface area contributed by atoms with Crippen molar-refractivity contribution >= 4 is 17.6 Å². The normalized spacial score (nSPS) is 11.4. The first-order chi connectivity index (χ1) is 15.8. The minimum Gasteiger partial charge on any atom is -0.504 e. The van der Waals surface area contributed by atoms with Crippen molar-refractivity contribution in [2.75, 3.05) is 0 Å². The lowest BCUT2D eigenvalue weighted by molar-refractivity contribution is 0.0696. The number of aromatic hydroxyl groups is 1. The summed E-state index contributed by atoms with van der Waals surface area (Å²) in [7, 11) is 1.74. The van der Waals surface area contributed by atoms with Crippen LogP contribution in [0.3, 0.4) is 0 Å². The van der Waals surface area contributed by atoms with Gasteiger partial charge in [-0.15, -0.1) is 0 Å². The van der Waals surface area contributed by atoms with Crippen molar-refractivity contribution in [2.45, 2.75) is 39.5 Å². The number of aromatic nitrogens is 2. The third-order valence-electron chi connectivity index (χ3n) is 5.38. The molecular formula is C25H28N4O4. The molecule has 33 heavy (non-hydrogen) atoms.